The Morgan fingerprint density at radius 2 is 1.88 bits per heavy atom. The molecule has 0 radical (unpaired) electrons. The SMILES string of the molecule is Cc1ccc(NS(=O)(=O)C2CC2)cc1C(=O)Nc1cnc(N)nc1. The van der Waals surface area contributed by atoms with Crippen LogP contribution in [0.25, 0.3) is 0 Å². The Kier molecular flexibility index (Phi) is 4.10. The Hall–Kier alpha value is -2.68. The second kappa shape index (κ2) is 6.08. The highest BCUT2D eigenvalue weighted by molar-refractivity contribution is 7.93. The lowest BCUT2D eigenvalue weighted by atomic mass is 10.1. The first kappa shape index (κ1) is 16.2. The van der Waals surface area contributed by atoms with Crippen molar-refractivity contribution in [1.29, 1.82) is 0 Å². The van der Waals surface area contributed by atoms with Gasteiger partial charge in [-0.15, -0.1) is 0 Å². The Morgan fingerprint density at radius 3 is 2.50 bits per heavy atom. The fraction of sp³-hybridized carbons (Fsp3) is 0.267. The van der Waals surface area contributed by atoms with Gasteiger partial charge in [-0.3, -0.25) is 9.52 Å². The van der Waals surface area contributed by atoms with Crippen molar-refractivity contribution in [1.82, 2.24) is 9.97 Å². The lowest BCUT2D eigenvalue weighted by molar-refractivity contribution is 0.102. The van der Waals surface area contributed by atoms with E-state index in [9.17, 15) is 13.2 Å². The molecule has 0 saturated heterocycles. The number of hydrogen-bond donors (Lipinski definition) is 3. The molecule has 1 saturated carbocycles. The fourth-order valence-corrected chi connectivity index (χ4v) is 3.54. The molecule has 1 aromatic carbocycles. The van der Waals surface area contributed by atoms with Gasteiger partial charge in [0.25, 0.3) is 5.91 Å². The Labute approximate surface area is 139 Å². The minimum absolute atomic E-state index is 0.112. The van der Waals surface area contributed by atoms with Crippen molar-refractivity contribution < 1.29 is 13.2 Å². The van der Waals surface area contributed by atoms with E-state index in [4.69, 9.17) is 5.73 Å². The lowest BCUT2D eigenvalue weighted by Crippen LogP contribution is -2.19. The molecule has 3 rings (SSSR count). The molecule has 8 nitrogen and oxygen atoms in total. The zero-order valence-corrected chi connectivity index (χ0v) is 13.8. The van der Waals surface area contributed by atoms with Crippen LogP contribution in [0, 0.1) is 6.92 Å². The first-order chi connectivity index (χ1) is 11.3. The number of anilines is 3. The van der Waals surface area contributed by atoms with E-state index < -0.39 is 10.0 Å². The number of aromatic nitrogens is 2. The van der Waals surface area contributed by atoms with Crippen molar-refractivity contribution in [2.45, 2.75) is 25.0 Å². The van der Waals surface area contributed by atoms with Crippen LogP contribution in [0.2, 0.25) is 0 Å². The number of nitrogens with one attached hydrogen (secondary N) is 2. The van der Waals surface area contributed by atoms with E-state index in [2.05, 4.69) is 20.0 Å². The number of hydrogen-bond acceptors (Lipinski definition) is 6. The molecule has 0 aliphatic heterocycles. The topological polar surface area (TPSA) is 127 Å². The highest BCUT2D eigenvalue weighted by Crippen LogP contribution is 2.30. The summed E-state index contributed by atoms with van der Waals surface area (Å²) in [6, 6.07) is 4.85. The fourth-order valence-electron chi connectivity index (χ4n) is 2.16. The monoisotopic (exact) mass is 347 g/mol. The van der Waals surface area contributed by atoms with Crippen molar-refractivity contribution in [3.8, 4) is 0 Å². The first-order valence-corrected chi connectivity index (χ1v) is 8.91. The average molecular weight is 347 g/mol. The van der Waals surface area contributed by atoms with Crippen molar-refractivity contribution in [3.05, 3.63) is 41.7 Å². The molecule has 0 unspecified atom stereocenters. The maximum atomic E-state index is 12.4. The van der Waals surface area contributed by atoms with Gasteiger partial charge in [0.15, 0.2) is 0 Å². The zero-order chi connectivity index (χ0) is 17.3. The summed E-state index contributed by atoms with van der Waals surface area (Å²) in [4.78, 5) is 20.0. The lowest BCUT2D eigenvalue weighted by Gasteiger charge is -2.11. The van der Waals surface area contributed by atoms with Gasteiger partial charge in [0, 0.05) is 11.3 Å². The molecule has 1 aliphatic rings. The first-order valence-electron chi connectivity index (χ1n) is 7.36. The predicted octanol–water partition coefficient (Wildman–Crippen LogP) is 1.52. The van der Waals surface area contributed by atoms with Crippen LogP contribution in [0.15, 0.2) is 30.6 Å². The van der Waals surface area contributed by atoms with E-state index in [1.807, 2.05) is 0 Å². The number of aryl methyl sites for hydroxylation is 1. The van der Waals surface area contributed by atoms with Gasteiger partial charge in [-0.05, 0) is 37.5 Å². The normalized spacial score (nSPS) is 14.2. The van der Waals surface area contributed by atoms with Gasteiger partial charge < -0.3 is 11.1 Å². The average Bonchev–Trinajstić information content (AvgIpc) is 3.36. The number of benzene rings is 1. The highest BCUT2D eigenvalue weighted by Gasteiger charge is 2.35. The van der Waals surface area contributed by atoms with Crippen LogP contribution >= 0.6 is 0 Å². The molecule has 2 aromatic rings. The number of nitrogens with zero attached hydrogens (tertiary/aromatic N) is 2. The third-order valence-electron chi connectivity index (χ3n) is 3.64. The molecule has 1 amide bonds. The quantitative estimate of drug-likeness (QED) is 0.752. The maximum Gasteiger partial charge on any atom is 0.256 e. The minimum atomic E-state index is -3.37. The van der Waals surface area contributed by atoms with E-state index in [0.717, 1.165) is 5.56 Å². The van der Waals surface area contributed by atoms with Crippen LogP contribution in [0.5, 0.6) is 0 Å². The Morgan fingerprint density at radius 1 is 1.21 bits per heavy atom. The summed E-state index contributed by atoms with van der Waals surface area (Å²) in [6.07, 6.45) is 4.14. The van der Waals surface area contributed by atoms with E-state index in [1.165, 1.54) is 18.5 Å². The summed E-state index contributed by atoms with van der Waals surface area (Å²) in [5.41, 5.74) is 7.25. The van der Waals surface area contributed by atoms with Crippen LogP contribution < -0.4 is 15.8 Å². The van der Waals surface area contributed by atoms with Gasteiger partial charge in [-0.25, -0.2) is 18.4 Å². The predicted molar refractivity (Wildman–Crippen MR) is 91.1 cm³/mol. The maximum absolute atomic E-state index is 12.4. The zero-order valence-electron chi connectivity index (χ0n) is 13.0. The van der Waals surface area contributed by atoms with E-state index in [0.29, 0.717) is 29.8 Å². The van der Waals surface area contributed by atoms with Crippen LogP contribution in [-0.4, -0.2) is 29.5 Å². The summed E-state index contributed by atoms with van der Waals surface area (Å²) in [5, 5.41) is 2.32. The van der Waals surface area contributed by atoms with Crippen molar-refractivity contribution in [3.63, 3.8) is 0 Å². The number of sulfonamides is 1. The second-order valence-electron chi connectivity index (χ2n) is 5.66. The van der Waals surface area contributed by atoms with Gasteiger partial charge in [0.1, 0.15) is 0 Å². The largest absolute Gasteiger partial charge is 0.368 e. The minimum Gasteiger partial charge on any atom is -0.368 e. The highest BCUT2D eigenvalue weighted by atomic mass is 32.2. The number of carbonyl (C=O) groups is 1. The molecule has 24 heavy (non-hydrogen) atoms. The van der Waals surface area contributed by atoms with Gasteiger partial charge >= 0.3 is 0 Å². The molecule has 1 aromatic heterocycles. The van der Waals surface area contributed by atoms with Crippen molar-refractivity contribution in [2.75, 3.05) is 15.8 Å². The number of amides is 1. The summed E-state index contributed by atoms with van der Waals surface area (Å²) in [6.45, 7) is 1.77. The van der Waals surface area contributed by atoms with Gasteiger partial charge in [0.05, 0.1) is 23.3 Å². The number of rotatable bonds is 5. The summed E-state index contributed by atoms with van der Waals surface area (Å²) in [5.74, 6) is -0.269. The Balaban J connectivity index is 1.80. The molecular weight excluding hydrogens is 330 g/mol. The van der Waals surface area contributed by atoms with Gasteiger partial charge in [0.2, 0.25) is 16.0 Å². The van der Waals surface area contributed by atoms with E-state index in [-0.39, 0.29) is 17.1 Å². The number of nitrogens with two attached hydrogens (primary N) is 1. The molecule has 1 heterocycles. The third kappa shape index (κ3) is 3.62. The van der Waals surface area contributed by atoms with Crippen LogP contribution in [0.1, 0.15) is 28.8 Å². The summed E-state index contributed by atoms with van der Waals surface area (Å²) < 4.78 is 26.5. The van der Waals surface area contributed by atoms with Gasteiger partial charge in [-0.2, -0.15) is 0 Å². The van der Waals surface area contributed by atoms with Crippen molar-refractivity contribution in [2.24, 2.45) is 0 Å². The van der Waals surface area contributed by atoms with Crippen molar-refractivity contribution >= 4 is 33.3 Å². The number of nitrogen functional groups attached to an aromatic ring is 1. The smallest absolute Gasteiger partial charge is 0.256 e. The third-order valence-corrected chi connectivity index (χ3v) is 5.50. The molecule has 1 fully saturated rings. The van der Waals surface area contributed by atoms with Crippen LogP contribution in [0.4, 0.5) is 17.3 Å². The molecule has 1 aliphatic carbocycles. The standard InChI is InChI=1S/C15H17N5O3S/c1-9-2-3-10(20-24(22,23)12-4-5-12)6-13(9)14(21)19-11-7-17-15(16)18-8-11/h2-3,6-8,12,20H,4-5H2,1H3,(H,19,21)(H2,16,17,18). The van der Waals surface area contributed by atoms with E-state index in [1.54, 1.807) is 19.1 Å². The molecule has 0 spiro atoms. The molecule has 4 N–H and O–H groups in total. The summed E-state index contributed by atoms with van der Waals surface area (Å²) >= 11 is 0. The Bertz CT molecular complexity index is 876. The molecule has 126 valence electrons. The van der Waals surface area contributed by atoms with Crippen LogP contribution in [0.3, 0.4) is 0 Å². The van der Waals surface area contributed by atoms with Crippen LogP contribution in [-0.2, 0) is 10.0 Å². The second-order valence-corrected chi connectivity index (χ2v) is 7.62. The van der Waals surface area contributed by atoms with E-state index >= 15 is 0 Å². The summed E-state index contributed by atoms with van der Waals surface area (Å²) in [7, 11) is -3.37. The van der Waals surface area contributed by atoms with Gasteiger partial charge in [-0.1, -0.05) is 6.07 Å². The molecular formula is C15H17N5O3S. The number of carbonyl (C=O) groups excluding carboxylic acids is 1. The molecule has 9 heteroatoms. The molecule has 0 bridgehead atoms. The molecule has 0 atom stereocenters.